The Hall–Kier alpha value is -0.280. The molecule has 6 atom stereocenters. The molecule has 2 rings (SSSR count). The SMILES string of the molecule is O[C@@H]1[C@@H](O)[C@H](OCCC[C@H]2O[C@@H]2O)OC[C@H]1O. The zero-order chi connectivity index (χ0) is 12.4. The van der Waals surface area contributed by atoms with Crippen molar-refractivity contribution in [3.05, 3.63) is 0 Å². The highest BCUT2D eigenvalue weighted by molar-refractivity contribution is 4.82. The summed E-state index contributed by atoms with van der Waals surface area (Å²) in [7, 11) is 0. The average Bonchev–Trinajstić information content (AvgIpc) is 3.00. The van der Waals surface area contributed by atoms with Crippen LogP contribution in [0.4, 0.5) is 0 Å². The van der Waals surface area contributed by atoms with Crippen molar-refractivity contribution in [1.82, 2.24) is 0 Å². The van der Waals surface area contributed by atoms with Crippen molar-refractivity contribution in [2.75, 3.05) is 13.2 Å². The van der Waals surface area contributed by atoms with Crippen LogP contribution in [0.2, 0.25) is 0 Å². The van der Waals surface area contributed by atoms with E-state index in [0.29, 0.717) is 19.4 Å². The van der Waals surface area contributed by atoms with Gasteiger partial charge in [0.15, 0.2) is 12.6 Å². The molecule has 0 saturated carbocycles. The molecule has 7 nitrogen and oxygen atoms in total. The lowest BCUT2D eigenvalue weighted by atomic mass is 10.1. The van der Waals surface area contributed by atoms with Crippen molar-refractivity contribution in [2.45, 2.75) is 49.8 Å². The van der Waals surface area contributed by atoms with Crippen molar-refractivity contribution < 1.29 is 34.6 Å². The lowest BCUT2D eigenvalue weighted by Crippen LogP contribution is -2.53. The highest BCUT2D eigenvalue weighted by Gasteiger charge is 2.39. The molecule has 17 heavy (non-hydrogen) atoms. The smallest absolute Gasteiger partial charge is 0.186 e. The Morgan fingerprint density at radius 3 is 2.47 bits per heavy atom. The second-order valence-corrected chi connectivity index (χ2v) is 4.33. The molecular formula is C10H18O7. The van der Waals surface area contributed by atoms with Crippen LogP contribution in [0.1, 0.15) is 12.8 Å². The van der Waals surface area contributed by atoms with Crippen LogP contribution >= 0.6 is 0 Å². The van der Waals surface area contributed by atoms with Gasteiger partial charge in [-0.3, -0.25) is 0 Å². The minimum atomic E-state index is -1.25. The Morgan fingerprint density at radius 2 is 1.82 bits per heavy atom. The fourth-order valence-corrected chi connectivity index (χ4v) is 1.75. The first-order chi connectivity index (χ1) is 8.09. The highest BCUT2D eigenvalue weighted by atomic mass is 16.7. The van der Waals surface area contributed by atoms with E-state index >= 15 is 0 Å². The summed E-state index contributed by atoms with van der Waals surface area (Å²) in [4.78, 5) is 0. The normalized spacial score (nSPS) is 45.9. The molecule has 2 heterocycles. The number of hydrogen-bond donors (Lipinski definition) is 4. The van der Waals surface area contributed by atoms with Gasteiger partial charge in [-0.05, 0) is 12.8 Å². The molecule has 2 aliphatic rings. The van der Waals surface area contributed by atoms with Gasteiger partial charge in [0, 0.05) is 6.61 Å². The van der Waals surface area contributed by atoms with E-state index in [4.69, 9.17) is 19.3 Å². The predicted molar refractivity (Wildman–Crippen MR) is 53.8 cm³/mol. The Balaban J connectivity index is 1.61. The standard InChI is InChI=1S/C10H18O7/c11-5-4-16-10(8(13)7(5)12)15-3-1-2-6-9(14)17-6/h5-14H,1-4H2/t5-,6-,7+,8-,9+,10-/m1/s1. The van der Waals surface area contributed by atoms with Gasteiger partial charge in [-0.25, -0.2) is 0 Å². The summed E-state index contributed by atoms with van der Waals surface area (Å²) in [6.45, 7) is 0.268. The third kappa shape index (κ3) is 3.35. The lowest BCUT2D eigenvalue weighted by Gasteiger charge is -2.34. The van der Waals surface area contributed by atoms with Gasteiger partial charge in [-0.15, -0.1) is 0 Å². The fourth-order valence-electron chi connectivity index (χ4n) is 1.75. The highest BCUT2D eigenvalue weighted by Crippen LogP contribution is 2.24. The number of hydrogen-bond acceptors (Lipinski definition) is 7. The van der Waals surface area contributed by atoms with Crippen molar-refractivity contribution in [3.8, 4) is 0 Å². The van der Waals surface area contributed by atoms with Crippen LogP contribution in [0.15, 0.2) is 0 Å². The van der Waals surface area contributed by atoms with Crippen LogP contribution in [0.25, 0.3) is 0 Å². The summed E-state index contributed by atoms with van der Waals surface area (Å²) in [5, 5.41) is 37.0. The zero-order valence-electron chi connectivity index (χ0n) is 9.31. The molecule has 2 fully saturated rings. The van der Waals surface area contributed by atoms with Crippen molar-refractivity contribution in [2.24, 2.45) is 0 Å². The van der Waals surface area contributed by atoms with Crippen LogP contribution in [0.5, 0.6) is 0 Å². The van der Waals surface area contributed by atoms with Crippen LogP contribution < -0.4 is 0 Å². The Kier molecular flexibility index (Phi) is 4.31. The molecule has 4 N–H and O–H groups in total. The van der Waals surface area contributed by atoms with Gasteiger partial charge in [-0.2, -0.15) is 0 Å². The first-order valence-corrected chi connectivity index (χ1v) is 5.70. The van der Waals surface area contributed by atoms with E-state index in [-0.39, 0.29) is 12.7 Å². The van der Waals surface area contributed by atoms with E-state index in [9.17, 15) is 15.3 Å². The molecule has 0 radical (unpaired) electrons. The first-order valence-electron chi connectivity index (χ1n) is 5.70. The molecular weight excluding hydrogens is 232 g/mol. The Morgan fingerprint density at radius 1 is 1.12 bits per heavy atom. The molecule has 0 aromatic carbocycles. The summed E-state index contributed by atoms with van der Waals surface area (Å²) in [6.07, 6.45) is -3.92. The Bertz CT molecular complexity index is 249. The zero-order valence-corrected chi connectivity index (χ0v) is 9.31. The third-order valence-electron chi connectivity index (χ3n) is 2.92. The van der Waals surface area contributed by atoms with E-state index < -0.39 is 30.9 Å². The first kappa shape index (κ1) is 13.2. The third-order valence-corrected chi connectivity index (χ3v) is 2.92. The predicted octanol–water partition coefficient (Wildman–Crippen LogP) is -2.06. The Labute approximate surface area is 98.5 Å². The van der Waals surface area contributed by atoms with Gasteiger partial charge < -0.3 is 34.6 Å². The maximum Gasteiger partial charge on any atom is 0.186 e. The van der Waals surface area contributed by atoms with E-state index in [1.165, 1.54) is 0 Å². The number of rotatable bonds is 5. The van der Waals surface area contributed by atoms with Crippen molar-refractivity contribution in [1.29, 1.82) is 0 Å². The monoisotopic (exact) mass is 250 g/mol. The quantitative estimate of drug-likeness (QED) is 0.328. The van der Waals surface area contributed by atoms with E-state index in [0.717, 1.165) is 0 Å². The van der Waals surface area contributed by atoms with Gasteiger partial charge in [0.1, 0.15) is 24.4 Å². The van der Waals surface area contributed by atoms with Gasteiger partial charge in [0.25, 0.3) is 0 Å². The molecule has 0 bridgehead atoms. The average molecular weight is 250 g/mol. The maximum atomic E-state index is 9.55. The minimum absolute atomic E-state index is 0.0622. The molecule has 0 aliphatic carbocycles. The number of aliphatic hydroxyl groups is 4. The number of epoxide rings is 1. The van der Waals surface area contributed by atoms with Crippen LogP contribution in [0, 0.1) is 0 Å². The second-order valence-electron chi connectivity index (χ2n) is 4.33. The van der Waals surface area contributed by atoms with Crippen molar-refractivity contribution >= 4 is 0 Å². The molecule has 0 aromatic rings. The summed E-state index contributed by atoms with van der Waals surface area (Å²) in [6, 6.07) is 0. The van der Waals surface area contributed by atoms with Crippen LogP contribution in [-0.2, 0) is 14.2 Å². The number of aliphatic hydroxyl groups excluding tert-OH is 4. The van der Waals surface area contributed by atoms with Gasteiger partial charge in [0.2, 0.25) is 0 Å². The molecule has 7 heteroatoms. The lowest BCUT2D eigenvalue weighted by molar-refractivity contribution is -0.270. The molecule has 0 aromatic heterocycles. The minimum Gasteiger partial charge on any atom is -0.388 e. The van der Waals surface area contributed by atoms with E-state index in [1.807, 2.05) is 0 Å². The van der Waals surface area contributed by atoms with Gasteiger partial charge in [0.05, 0.1) is 6.61 Å². The second kappa shape index (κ2) is 5.57. The topological polar surface area (TPSA) is 112 Å². The summed E-state index contributed by atoms with van der Waals surface area (Å²) >= 11 is 0. The maximum absolute atomic E-state index is 9.55. The summed E-state index contributed by atoms with van der Waals surface area (Å²) in [5.41, 5.74) is 0. The summed E-state index contributed by atoms with van der Waals surface area (Å²) in [5.74, 6) is 0. The molecule has 0 spiro atoms. The van der Waals surface area contributed by atoms with E-state index in [1.54, 1.807) is 0 Å². The molecule has 0 unspecified atom stereocenters. The van der Waals surface area contributed by atoms with Gasteiger partial charge in [-0.1, -0.05) is 0 Å². The van der Waals surface area contributed by atoms with Gasteiger partial charge >= 0.3 is 0 Å². The number of ether oxygens (including phenoxy) is 3. The van der Waals surface area contributed by atoms with Crippen LogP contribution in [0.3, 0.4) is 0 Å². The molecule has 100 valence electrons. The fraction of sp³-hybridized carbons (Fsp3) is 1.00. The molecule has 0 amide bonds. The van der Waals surface area contributed by atoms with E-state index in [2.05, 4.69) is 0 Å². The molecule has 2 saturated heterocycles. The summed E-state index contributed by atoms with van der Waals surface area (Å²) < 4.78 is 15.1. The molecule has 2 aliphatic heterocycles. The van der Waals surface area contributed by atoms with Crippen LogP contribution in [-0.4, -0.2) is 70.6 Å². The van der Waals surface area contributed by atoms with Crippen molar-refractivity contribution in [3.63, 3.8) is 0 Å². The largest absolute Gasteiger partial charge is 0.388 e.